The molecule has 0 saturated carbocycles. The van der Waals surface area contributed by atoms with E-state index >= 15 is 0 Å². The number of nitrogens with one attached hydrogen (secondary N) is 1. The van der Waals surface area contributed by atoms with E-state index < -0.39 is 21.5 Å². The first-order valence-corrected chi connectivity index (χ1v) is 5.06. The molecule has 0 fully saturated rings. The molecular formula is C10H8N4O5. The summed E-state index contributed by atoms with van der Waals surface area (Å²) in [5.41, 5.74) is 0.0320. The Labute approximate surface area is 106 Å². The minimum Gasteiger partial charge on any atom is -0.496 e. The number of benzene rings is 1. The highest BCUT2D eigenvalue weighted by atomic mass is 16.6. The average molecular weight is 264 g/mol. The highest BCUT2D eigenvalue weighted by Crippen LogP contribution is 2.40. The summed E-state index contributed by atoms with van der Waals surface area (Å²) >= 11 is 0. The van der Waals surface area contributed by atoms with Crippen molar-refractivity contribution in [2.24, 2.45) is 0 Å². The number of hydrogen-bond acceptors (Lipinski definition) is 6. The van der Waals surface area contributed by atoms with E-state index in [1.54, 1.807) is 18.2 Å². The molecule has 1 aromatic heterocycles. The van der Waals surface area contributed by atoms with Crippen molar-refractivity contribution in [1.29, 1.82) is 0 Å². The van der Waals surface area contributed by atoms with Gasteiger partial charge in [-0.3, -0.25) is 0 Å². The highest BCUT2D eigenvalue weighted by Gasteiger charge is 2.34. The Morgan fingerprint density at radius 2 is 1.89 bits per heavy atom. The van der Waals surface area contributed by atoms with Gasteiger partial charge in [-0.05, 0) is 21.0 Å². The van der Waals surface area contributed by atoms with Gasteiger partial charge in [0, 0.05) is 5.56 Å². The van der Waals surface area contributed by atoms with Gasteiger partial charge in [0.15, 0.2) is 5.56 Å². The maximum atomic E-state index is 10.9. The van der Waals surface area contributed by atoms with Crippen LogP contribution in [0.25, 0.3) is 11.1 Å². The molecule has 0 spiro atoms. The fraction of sp³-hybridized carbons (Fsp3) is 0.100. The van der Waals surface area contributed by atoms with Crippen LogP contribution < -0.4 is 4.74 Å². The third kappa shape index (κ3) is 2.08. The number of nitro groups is 2. The van der Waals surface area contributed by atoms with E-state index in [1.807, 2.05) is 0 Å². The third-order valence-electron chi connectivity index (χ3n) is 2.46. The summed E-state index contributed by atoms with van der Waals surface area (Å²) < 4.78 is 5.05. The molecule has 2 aromatic rings. The summed E-state index contributed by atoms with van der Waals surface area (Å²) in [4.78, 5) is 20.2. The number of methoxy groups -OCH3 is 1. The summed E-state index contributed by atoms with van der Waals surface area (Å²) in [5.74, 6) is -0.873. The van der Waals surface area contributed by atoms with Crippen LogP contribution in [0.4, 0.5) is 11.6 Å². The molecule has 9 heteroatoms. The smallest absolute Gasteiger partial charge is 0.428 e. The Balaban J connectivity index is 2.75. The molecule has 1 N–H and O–H groups in total. The number of hydrogen-bond donors (Lipinski definition) is 1. The lowest BCUT2D eigenvalue weighted by atomic mass is 10.1. The molecule has 0 radical (unpaired) electrons. The zero-order chi connectivity index (χ0) is 14.0. The van der Waals surface area contributed by atoms with E-state index in [2.05, 4.69) is 10.2 Å². The zero-order valence-corrected chi connectivity index (χ0v) is 9.69. The number of aromatic amines is 1. The molecule has 0 aliphatic rings. The number of nitrogens with zero attached hydrogens (tertiary/aromatic N) is 3. The molecular weight excluding hydrogens is 256 g/mol. The molecule has 0 aliphatic carbocycles. The lowest BCUT2D eigenvalue weighted by Gasteiger charge is -2.05. The second kappa shape index (κ2) is 4.72. The third-order valence-corrected chi connectivity index (χ3v) is 2.46. The van der Waals surface area contributed by atoms with Crippen molar-refractivity contribution < 1.29 is 14.6 Å². The number of rotatable bonds is 4. The van der Waals surface area contributed by atoms with Crippen LogP contribution in [0.1, 0.15) is 0 Å². The zero-order valence-electron chi connectivity index (χ0n) is 9.69. The van der Waals surface area contributed by atoms with Gasteiger partial charge in [-0.25, -0.2) is 0 Å². The average Bonchev–Trinajstić information content (AvgIpc) is 2.83. The summed E-state index contributed by atoms with van der Waals surface area (Å²) in [5, 5.41) is 27.2. The fourth-order valence-corrected chi connectivity index (χ4v) is 1.69. The fourth-order valence-electron chi connectivity index (χ4n) is 1.69. The molecule has 0 bridgehead atoms. The monoisotopic (exact) mass is 264 g/mol. The molecule has 2 rings (SSSR count). The Kier molecular flexibility index (Phi) is 3.10. The summed E-state index contributed by atoms with van der Waals surface area (Å²) in [6, 6.07) is 6.29. The molecule has 19 heavy (non-hydrogen) atoms. The minimum absolute atomic E-state index is 0.201. The molecule has 0 saturated heterocycles. The molecule has 98 valence electrons. The Morgan fingerprint density at radius 3 is 2.47 bits per heavy atom. The van der Waals surface area contributed by atoms with Crippen molar-refractivity contribution >= 4 is 11.6 Å². The number of ether oxygens (including phenoxy) is 1. The largest absolute Gasteiger partial charge is 0.496 e. The van der Waals surface area contributed by atoms with Gasteiger partial charge in [0.25, 0.3) is 0 Å². The van der Waals surface area contributed by atoms with Gasteiger partial charge in [-0.1, -0.05) is 18.2 Å². The van der Waals surface area contributed by atoms with Crippen molar-refractivity contribution in [3.05, 3.63) is 44.5 Å². The van der Waals surface area contributed by atoms with E-state index in [1.165, 1.54) is 13.2 Å². The second-order valence-electron chi connectivity index (χ2n) is 3.49. The van der Waals surface area contributed by atoms with E-state index in [0.29, 0.717) is 0 Å². The molecule has 1 heterocycles. The van der Waals surface area contributed by atoms with Crippen molar-refractivity contribution in [2.75, 3.05) is 7.11 Å². The molecule has 1 aromatic carbocycles. The van der Waals surface area contributed by atoms with Gasteiger partial charge < -0.3 is 25.0 Å². The van der Waals surface area contributed by atoms with E-state index in [-0.39, 0.29) is 16.9 Å². The summed E-state index contributed by atoms with van der Waals surface area (Å²) in [6.07, 6.45) is 0. The Bertz CT molecular complexity index is 620. The van der Waals surface area contributed by atoms with Crippen LogP contribution >= 0.6 is 0 Å². The van der Waals surface area contributed by atoms with Gasteiger partial charge in [0.05, 0.1) is 7.11 Å². The maximum absolute atomic E-state index is 10.9. The lowest BCUT2D eigenvalue weighted by molar-refractivity contribution is -0.392. The van der Waals surface area contributed by atoms with Crippen LogP contribution in [0, 0.1) is 20.2 Å². The topological polar surface area (TPSA) is 124 Å². The molecule has 0 aliphatic heterocycles. The van der Waals surface area contributed by atoms with Crippen molar-refractivity contribution in [3.63, 3.8) is 0 Å². The van der Waals surface area contributed by atoms with Crippen molar-refractivity contribution in [3.8, 4) is 16.9 Å². The SMILES string of the molecule is COc1ccccc1-c1c([N+](=O)[O-])n[nH]c1[N+](=O)[O-]. The van der Waals surface area contributed by atoms with E-state index in [4.69, 9.17) is 4.74 Å². The van der Waals surface area contributed by atoms with Crippen LogP contribution in [-0.4, -0.2) is 27.2 Å². The first-order valence-electron chi connectivity index (χ1n) is 5.06. The predicted molar refractivity (Wildman–Crippen MR) is 63.9 cm³/mol. The van der Waals surface area contributed by atoms with Crippen LogP contribution in [0.2, 0.25) is 0 Å². The Morgan fingerprint density at radius 1 is 1.21 bits per heavy atom. The molecule has 0 amide bonds. The highest BCUT2D eigenvalue weighted by molar-refractivity contribution is 5.82. The van der Waals surface area contributed by atoms with Crippen LogP contribution in [0.5, 0.6) is 5.75 Å². The van der Waals surface area contributed by atoms with Gasteiger partial charge in [0.1, 0.15) is 10.8 Å². The Hall–Kier alpha value is -2.97. The summed E-state index contributed by atoms with van der Waals surface area (Å²) in [7, 11) is 1.37. The predicted octanol–water partition coefficient (Wildman–Crippen LogP) is 1.90. The van der Waals surface area contributed by atoms with Crippen molar-refractivity contribution in [2.45, 2.75) is 0 Å². The van der Waals surface area contributed by atoms with Gasteiger partial charge in [0.2, 0.25) is 0 Å². The minimum atomic E-state index is -0.786. The van der Waals surface area contributed by atoms with Gasteiger partial charge in [-0.2, -0.15) is 0 Å². The van der Waals surface area contributed by atoms with Gasteiger partial charge in [-0.15, -0.1) is 0 Å². The summed E-state index contributed by atoms with van der Waals surface area (Å²) in [6.45, 7) is 0. The first-order chi connectivity index (χ1) is 9.06. The maximum Gasteiger partial charge on any atom is 0.428 e. The van der Waals surface area contributed by atoms with Crippen LogP contribution in [-0.2, 0) is 0 Å². The number of para-hydroxylation sites is 1. The van der Waals surface area contributed by atoms with Gasteiger partial charge >= 0.3 is 11.6 Å². The normalized spacial score (nSPS) is 10.2. The quantitative estimate of drug-likeness (QED) is 0.664. The van der Waals surface area contributed by atoms with Crippen LogP contribution in [0.3, 0.4) is 0 Å². The second-order valence-corrected chi connectivity index (χ2v) is 3.49. The molecule has 0 atom stereocenters. The lowest BCUT2D eigenvalue weighted by Crippen LogP contribution is -1.95. The first kappa shape index (κ1) is 12.5. The van der Waals surface area contributed by atoms with E-state index in [9.17, 15) is 20.2 Å². The standard InChI is InChI=1S/C10H8N4O5/c1-19-7-5-3-2-4-6(7)8-9(13(15)16)11-12-10(8)14(17)18/h2-5H,1H3,(H,11,12). The van der Waals surface area contributed by atoms with Crippen LogP contribution in [0.15, 0.2) is 24.3 Å². The molecule has 0 unspecified atom stereocenters. The van der Waals surface area contributed by atoms with E-state index in [0.717, 1.165) is 0 Å². The number of H-pyrrole nitrogens is 1. The number of aromatic nitrogens is 2. The van der Waals surface area contributed by atoms with Crippen molar-refractivity contribution in [1.82, 2.24) is 10.2 Å². The molecule has 9 nitrogen and oxygen atoms in total.